The van der Waals surface area contributed by atoms with Crippen molar-refractivity contribution in [1.82, 2.24) is 15.2 Å². The van der Waals surface area contributed by atoms with E-state index in [1.54, 1.807) is 48.6 Å². The summed E-state index contributed by atoms with van der Waals surface area (Å²) in [6, 6.07) is 14.5. The molecule has 0 aliphatic heterocycles. The minimum atomic E-state index is -0.151. The summed E-state index contributed by atoms with van der Waals surface area (Å²) in [5, 5.41) is 5.78. The Morgan fingerprint density at radius 2 is 1.78 bits per heavy atom. The van der Waals surface area contributed by atoms with Gasteiger partial charge in [0.05, 0.1) is 0 Å². The van der Waals surface area contributed by atoms with Gasteiger partial charge in [0.25, 0.3) is 11.8 Å². The second-order valence-corrected chi connectivity index (χ2v) is 7.28. The summed E-state index contributed by atoms with van der Waals surface area (Å²) in [6.07, 6.45) is 0. The van der Waals surface area contributed by atoms with Gasteiger partial charge in [-0.25, -0.2) is 4.98 Å². The van der Waals surface area contributed by atoms with Gasteiger partial charge in [0, 0.05) is 42.2 Å². The van der Waals surface area contributed by atoms with Gasteiger partial charge in [-0.1, -0.05) is 35.9 Å². The van der Waals surface area contributed by atoms with Crippen LogP contribution in [0.1, 0.15) is 26.4 Å². The standard InChI is InChI=1S/C20H18ClN3O2S/c1-22-18(25)14-5-3-13(4-6-14)11-24(2)20(26)17-12-27-19(23-17)15-7-9-16(21)10-8-15/h3-10,12H,11H2,1-2H3,(H,22,25). The Morgan fingerprint density at radius 1 is 1.11 bits per heavy atom. The van der Waals surface area contributed by atoms with Gasteiger partial charge in [-0.15, -0.1) is 11.3 Å². The second-order valence-electron chi connectivity index (χ2n) is 5.98. The zero-order valence-electron chi connectivity index (χ0n) is 14.9. The van der Waals surface area contributed by atoms with Crippen LogP contribution in [0.15, 0.2) is 53.9 Å². The van der Waals surface area contributed by atoms with Crippen molar-refractivity contribution in [3.63, 3.8) is 0 Å². The lowest BCUT2D eigenvalue weighted by Crippen LogP contribution is -2.26. The Balaban J connectivity index is 1.68. The summed E-state index contributed by atoms with van der Waals surface area (Å²) in [5.74, 6) is -0.287. The van der Waals surface area contributed by atoms with Crippen LogP contribution in [0.5, 0.6) is 0 Å². The number of nitrogens with one attached hydrogen (secondary N) is 1. The topological polar surface area (TPSA) is 62.3 Å². The first-order chi connectivity index (χ1) is 13.0. The summed E-state index contributed by atoms with van der Waals surface area (Å²) in [4.78, 5) is 30.3. The molecule has 2 amide bonds. The molecule has 2 aromatic carbocycles. The highest BCUT2D eigenvalue weighted by Gasteiger charge is 2.16. The van der Waals surface area contributed by atoms with Crippen LogP contribution in [-0.2, 0) is 6.54 Å². The summed E-state index contributed by atoms with van der Waals surface area (Å²) < 4.78 is 0. The van der Waals surface area contributed by atoms with Crippen molar-refractivity contribution >= 4 is 34.8 Å². The van der Waals surface area contributed by atoms with Crippen molar-refractivity contribution in [2.45, 2.75) is 6.54 Å². The van der Waals surface area contributed by atoms with E-state index in [1.807, 2.05) is 24.3 Å². The molecule has 0 saturated heterocycles. The molecule has 0 spiro atoms. The van der Waals surface area contributed by atoms with Gasteiger partial charge < -0.3 is 10.2 Å². The molecular weight excluding hydrogens is 382 g/mol. The van der Waals surface area contributed by atoms with E-state index >= 15 is 0 Å². The molecule has 1 aromatic heterocycles. The van der Waals surface area contributed by atoms with E-state index in [-0.39, 0.29) is 11.8 Å². The largest absolute Gasteiger partial charge is 0.355 e. The number of halogens is 1. The van der Waals surface area contributed by atoms with Crippen molar-refractivity contribution in [2.24, 2.45) is 0 Å². The third kappa shape index (κ3) is 4.53. The third-order valence-electron chi connectivity index (χ3n) is 4.02. The highest BCUT2D eigenvalue weighted by atomic mass is 35.5. The molecule has 1 N–H and O–H groups in total. The zero-order chi connectivity index (χ0) is 19.4. The molecule has 138 valence electrons. The summed E-state index contributed by atoms with van der Waals surface area (Å²) in [5.41, 5.74) is 2.86. The van der Waals surface area contributed by atoms with E-state index in [1.165, 1.54) is 11.3 Å². The molecule has 1 heterocycles. The molecule has 0 aliphatic rings. The van der Waals surface area contributed by atoms with Crippen LogP contribution in [0.4, 0.5) is 0 Å². The Hall–Kier alpha value is -2.70. The number of thiazole rings is 1. The maximum atomic E-state index is 12.7. The van der Waals surface area contributed by atoms with Gasteiger partial charge in [0.15, 0.2) is 0 Å². The van der Waals surface area contributed by atoms with Crippen molar-refractivity contribution < 1.29 is 9.59 Å². The van der Waals surface area contributed by atoms with E-state index in [0.717, 1.165) is 16.1 Å². The normalized spacial score (nSPS) is 10.5. The van der Waals surface area contributed by atoms with Crippen LogP contribution in [0.2, 0.25) is 5.02 Å². The molecule has 0 aliphatic carbocycles. The predicted octanol–water partition coefficient (Wildman–Crippen LogP) is 4.10. The molecule has 0 unspecified atom stereocenters. The highest BCUT2D eigenvalue weighted by Crippen LogP contribution is 2.25. The second kappa shape index (κ2) is 8.33. The van der Waals surface area contributed by atoms with E-state index in [9.17, 15) is 9.59 Å². The fraction of sp³-hybridized carbons (Fsp3) is 0.150. The number of carbonyl (C=O) groups is 2. The smallest absolute Gasteiger partial charge is 0.273 e. The maximum Gasteiger partial charge on any atom is 0.273 e. The fourth-order valence-electron chi connectivity index (χ4n) is 2.54. The number of carbonyl (C=O) groups excluding carboxylic acids is 2. The Morgan fingerprint density at radius 3 is 2.41 bits per heavy atom. The minimum absolute atomic E-state index is 0.136. The molecule has 0 radical (unpaired) electrons. The van der Waals surface area contributed by atoms with Gasteiger partial charge in [0.1, 0.15) is 10.7 Å². The van der Waals surface area contributed by atoms with Crippen LogP contribution in [0.25, 0.3) is 10.6 Å². The fourth-order valence-corrected chi connectivity index (χ4v) is 3.47. The Kier molecular flexibility index (Phi) is 5.88. The van der Waals surface area contributed by atoms with Gasteiger partial charge in [0.2, 0.25) is 0 Å². The molecule has 0 atom stereocenters. The Bertz CT molecular complexity index is 952. The van der Waals surface area contributed by atoms with Crippen molar-refractivity contribution in [1.29, 1.82) is 0 Å². The lowest BCUT2D eigenvalue weighted by atomic mass is 10.1. The Labute approximate surface area is 166 Å². The number of rotatable bonds is 5. The summed E-state index contributed by atoms with van der Waals surface area (Å²) in [7, 11) is 3.32. The average molecular weight is 400 g/mol. The average Bonchev–Trinajstić information content (AvgIpc) is 3.18. The number of amides is 2. The van der Waals surface area contributed by atoms with E-state index in [2.05, 4.69) is 10.3 Å². The molecule has 3 aromatic rings. The van der Waals surface area contributed by atoms with Gasteiger partial charge in [-0.2, -0.15) is 0 Å². The highest BCUT2D eigenvalue weighted by molar-refractivity contribution is 7.13. The number of nitrogens with zero attached hydrogens (tertiary/aromatic N) is 2. The molecule has 7 heteroatoms. The molecular formula is C20H18ClN3O2S. The zero-order valence-corrected chi connectivity index (χ0v) is 16.5. The maximum absolute atomic E-state index is 12.7. The molecule has 5 nitrogen and oxygen atoms in total. The number of benzene rings is 2. The van der Waals surface area contributed by atoms with Gasteiger partial charge in [-0.3, -0.25) is 9.59 Å². The molecule has 0 bridgehead atoms. The quantitative estimate of drug-likeness (QED) is 0.702. The molecule has 27 heavy (non-hydrogen) atoms. The lowest BCUT2D eigenvalue weighted by molar-refractivity contribution is 0.0779. The monoisotopic (exact) mass is 399 g/mol. The van der Waals surface area contributed by atoms with Crippen LogP contribution < -0.4 is 5.32 Å². The number of aromatic nitrogens is 1. The molecule has 0 saturated carbocycles. The van der Waals surface area contributed by atoms with Gasteiger partial charge >= 0.3 is 0 Å². The summed E-state index contributed by atoms with van der Waals surface area (Å²) >= 11 is 7.33. The van der Waals surface area contributed by atoms with E-state index < -0.39 is 0 Å². The lowest BCUT2D eigenvalue weighted by Gasteiger charge is -2.16. The number of hydrogen-bond acceptors (Lipinski definition) is 4. The van der Waals surface area contributed by atoms with Crippen LogP contribution in [0.3, 0.4) is 0 Å². The first kappa shape index (κ1) is 19.1. The first-order valence-corrected chi connectivity index (χ1v) is 9.51. The van der Waals surface area contributed by atoms with Crippen LogP contribution in [0, 0.1) is 0 Å². The van der Waals surface area contributed by atoms with Crippen molar-refractivity contribution in [3.05, 3.63) is 75.8 Å². The van der Waals surface area contributed by atoms with Crippen LogP contribution >= 0.6 is 22.9 Å². The van der Waals surface area contributed by atoms with E-state index in [4.69, 9.17) is 11.6 Å². The van der Waals surface area contributed by atoms with Crippen molar-refractivity contribution in [2.75, 3.05) is 14.1 Å². The van der Waals surface area contributed by atoms with Crippen LogP contribution in [-0.4, -0.2) is 35.8 Å². The third-order valence-corrected chi connectivity index (χ3v) is 5.17. The molecule has 0 fully saturated rings. The first-order valence-electron chi connectivity index (χ1n) is 8.26. The van der Waals surface area contributed by atoms with Crippen molar-refractivity contribution in [3.8, 4) is 10.6 Å². The SMILES string of the molecule is CNC(=O)c1ccc(CN(C)C(=O)c2csc(-c3ccc(Cl)cc3)n2)cc1. The minimum Gasteiger partial charge on any atom is -0.355 e. The van der Waals surface area contributed by atoms with E-state index in [0.29, 0.717) is 22.8 Å². The summed E-state index contributed by atoms with van der Waals surface area (Å²) in [6.45, 7) is 0.431. The number of hydrogen-bond donors (Lipinski definition) is 1. The van der Waals surface area contributed by atoms with Gasteiger partial charge in [-0.05, 0) is 29.8 Å². The molecule has 3 rings (SSSR count). The predicted molar refractivity (Wildman–Crippen MR) is 108 cm³/mol.